The number of carbonyl (C=O) groups excluding carboxylic acids is 1. The summed E-state index contributed by atoms with van der Waals surface area (Å²) < 4.78 is 0. The molecule has 3 rings (SSSR count). The van der Waals surface area contributed by atoms with Crippen LogP contribution in [0.1, 0.15) is 49.8 Å². The van der Waals surface area contributed by atoms with Gasteiger partial charge in [0.1, 0.15) is 0 Å². The number of guanidine groups is 1. The fourth-order valence-electron chi connectivity index (χ4n) is 3.24. The normalized spacial score (nSPS) is 27.4. The lowest BCUT2D eigenvalue weighted by atomic mass is 9.85. The lowest BCUT2D eigenvalue weighted by Gasteiger charge is -2.33. The van der Waals surface area contributed by atoms with Crippen molar-refractivity contribution in [3.05, 3.63) is 34.9 Å². The van der Waals surface area contributed by atoms with Crippen molar-refractivity contribution in [1.29, 1.82) is 0 Å². The molecule has 0 spiro atoms. The Hall–Kier alpha value is -2.17. The van der Waals surface area contributed by atoms with Crippen LogP contribution in [0.2, 0.25) is 0 Å². The SMILES string of the molecule is CCC1CCc2ccc([C@]3(C)CC(=O)N(C)C(N)=N3)cc2C=N1. The van der Waals surface area contributed by atoms with E-state index in [4.69, 9.17) is 5.73 Å². The number of nitrogens with zero attached hydrogens (tertiary/aromatic N) is 3. The summed E-state index contributed by atoms with van der Waals surface area (Å²) in [7, 11) is 1.66. The molecule has 1 amide bonds. The van der Waals surface area contributed by atoms with Gasteiger partial charge in [-0.05, 0) is 48.9 Å². The summed E-state index contributed by atoms with van der Waals surface area (Å²) >= 11 is 0. The smallest absolute Gasteiger partial charge is 0.231 e. The van der Waals surface area contributed by atoms with Crippen molar-refractivity contribution in [2.45, 2.75) is 51.1 Å². The molecule has 0 radical (unpaired) electrons. The van der Waals surface area contributed by atoms with E-state index in [2.05, 4.69) is 35.1 Å². The third-order valence-electron chi connectivity index (χ3n) is 4.98. The van der Waals surface area contributed by atoms with Crippen LogP contribution >= 0.6 is 0 Å². The highest BCUT2D eigenvalue weighted by Gasteiger charge is 2.36. The zero-order valence-electron chi connectivity index (χ0n) is 14.0. The molecule has 0 saturated heterocycles. The van der Waals surface area contributed by atoms with Crippen LogP contribution in [0, 0.1) is 0 Å². The molecular formula is C18H24N4O. The molecule has 2 heterocycles. The van der Waals surface area contributed by atoms with Gasteiger partial charge in [-0.25, -0.2) is 4.99 Å². The van der Waals surface area contributed by atoms with Gasteiger partial charge < -0.3 is 5.73 Å². The van der Waals surface area contributed by atoms with Crippen LogP contribution in [0.5, 0.6) is 0 Å². The molecular weight excluding hydrogens is 288 g/mol. The lowest BCUT2D eigenvalue weighted by Crippen LogP contribution is -2.47. The van der Waals surface area contributed by atoms with Gasteiger partial charge in [0.2, 0.25) is 5.91 Å². The maximum absolute atomic E-state index is 12.2. The molecule has 0 saturated carbocycles. The highest BCUT2D eigenvalue weighted by molar-refractivity contribution is 5.98. The van der Waals surface area contributed by atoms with E-state index in [9.17, 15) is 4.79 Å². The summed E-state index contributed by atoms with van der Waals surface area (Å²) in [5, 5.41) is 0. The number of fused-ring (bicyclic) bond motifs is 1. The largest absolute Gasteiger partial charge is 0.369 e. The highest BCUT2D eigenvalue weighted by Crippen LogP contribution is 2.34. The zero-order chi connectivity index (χ0) is 16.6. The van der Waals surface area contributed by atoms with Crippen molar-refractivity contribution in [3.8, 4) is 0 Å². The predicted molar refractivity (Wildman–Crippen MR) is 92.8 cm³/mol. The fourth-order valence-corrected chi connectivity index (χ4v) is 3.24. The van der Waals surface area contributed by atoms with Crippen molar-refractivity contribution >= 4 is 18.1 Å². The minimum Gasteiger partial charge on any atom is -0.369 e. The summed E-state index contributed by atoms with van der Waals surface area (Å²) in [5.41, 5.74) is 8.77. The molecule has 122 valence electrons. The molecule has 1 unspecified atom stereocenters. The summed E-state index contributed by atoms with van der Waals surface area (Å²) in [6.07, 6.45) is 5.50. The Morgan fingerprint density at radius 1 is 1.43 bits per heavy atom. The number of nitrogens with two attached hydrogens (primary N) is 1. The quantitative estimate of drug-likeness (QED) is 0.909. The van der Waals surface area contributed by atoms with Crippen LogP contribution in [-0.4, -0.2) is 36.1 Å². The van der Waals surface area contributed by atoms with E-state index in [1.165, 1.54) is 10.5 Å². The minimum atomic E-state index is -0.604. The topological polar surface area (TPSA) is 71.0 Å². The minimum absolute atomic E-state index is 0.00495. The maximum Gasteiger partial charge on any atom is 0.231 e. The summed E-state index contributed by atoms with van der Waals surface area (Å²) in [4.78, 5) is 22.8. The third kappa shape index (κ3) is 2.87. The Kier molecular flexibility index (Phi) is 3.96. The average Bonchev–Trinajstić information content (AvgIpc) is 2.74. The van der Waals surface area contributed by atoms with Crippen molar-refractivity contribution in [3.63, 3.8) is 0 Å². The van der Waals surface area contributed by atoms with Gasteiger partial charge >= 0.3 is 0 Å². The first-order chi connectivity index (χ1) is 10.9. The van der Waals surface area contributed by atoms with Gasteiger partial charge in [-0.3, -0.25) is 14.7 Å². The predicted octanol–water partition coefficient (Wildman–Crippen LogP) is 2.22. The van der Waals surface area contributed by atoms with Gasteiger partial charge in [-0.2, -0.15) is 0 Å². The molecule has 2 N–H and O–H groups in total. The van der Waals surface area contributed by atoms with Gasteiger partial charge in [0.05, 0.1) is 12.0 Å². The number of hydrogen-bond donors (Lipinski definition) is 1. The molecule has 5 nitrogen and oxygen atoms in total. The number of amides is 1. The molecule has 0 fully saturated rings. The van der Waals surface area contributed by atoms with E-state index >= 15 is 0 Å². The average molecular weight is 312 g/mol. The molecule has 2 aliphatic heterocycles. The van der Waals surface area contributed by atoms with Crippen molar-refractivity contribution in [1.82, 2.24) is 4.90 Å². The van der Waals surface area contributed by atoms with E-state index in [-0.39, 0.29) is 11.9 Å². The zero-order valence-corrected chi connectivity index (χ0v) is 14.0. The van der Waals surface area contributed by atoms with E-state index < -0.39 is 5.54 Å². The van der Waals surface area contributed by atoms with Crippen LogP contribution in [0.4, 0.5) is 0 Å². The second-order valence-corrected chi connectivity index (χ2v) is 6.67. The lowest BCUT2D eigenvalue weighted by molar-refractivity contribution is -0.128. The van der Waals surface area contributed by atoms with Crippen LogP contribution in [0.25, 0.3) is 0 Å². The first kappa shape index (κ1) is 15.7. The Morgan fingerprint density at radius 2 is 2.22 bits per heavy atom. The van der Waals surface area contributed by atoms with Crippen molar-refractivity contribution in [2.75, 3.05) is 7.05 Å². The standard InChI is InChI=1S/C18H24N4O/c1-4-15-8-6-12-5-7-14(9-13(12)11-20-15)18(2)10-16(23)22(3)17(19)21-18/h5,7,9,11,15H,4,6,8,10H2,1-3H3,(H2,19,21)/t15?,18-/m0/s1. The highest BCUT2D eigenvalue weighted by atomic mass is 16.2. The van der Waals surface area contributed by atoms with Gasteiger partial charge in [-0.15, -0.1) is 0 Å². The number of aryl methyl sites for hydroxylation is 1. The van der Waals surface area contributed by atoms with E-state index in [1.54, 1.807) is 7.05 Å². The third-order valence-corrected chi connectivity index (χ3v) is 4.98. The monoisotopic (exact) mass is 312 g/mol. The molecule has 0 aromatic heterocycles. The van der Waals surface area contributed by atoms with Gasteiger partial charge in [0.25, 0.3) is 0 Å². The van der Waals surface area contributed by atoms with Crippen LogP contribution in [0.3, 0.4) is 0 Å². The molecule has 0 aliphatic carbocycles. The fraction of sp³-hybridized carbons (Fsp3) is 0.500. The molecule has 2 aliphatic rings. The summed E-state index contributed by atoms with van der Waals surface area (Å²) in [6, 6.07) is 6.75. The van der Waals surface area contributed by atoms with Crippen LogP contribution in [-0.2, 0) is 16.8 Å². The molecule has 2 atom stereocenters. The number of hydrogen-bond acceptors (Lipinski definition) is 4. The van der Waals surface area contributed by atoms with E-state index in [1.807, 2.05) is 13.1 Å². The first-order valence-corrected chi connectivity index (χ1v) is 8.21. The Bertz CT molecular complexity index is 694. The Morgan fingerprint density at radius 3 is 2.91 bits per heavy atom. The summed E-state index contributed by atoms with van der Waals surface area (Å²) in [5.74, 6) is 0.271. The molecule has 5 heteroatoms. The number of rotatable bonds is 2. The Balaban J connectivity index is 1.99. The Labute approximate surface area is 137 Å². The van der Waals surface area contributed by atoms with Crippen molar-refractivity contribution in [2.24, 2.45) is 15.7 Å². The number of aliphatic imine (C=N–C) groups is 2. The van der Waals surface area contributed by atoms with E-state index in [0.29, 0.717) is 12.5 Å². The first-order valence-electron chi connectivity index (χ1n) is 8.21. The number of carbonyl (C=O) groups is 1. The summed E-state index contributed by atoms with van der Waals surface area (Å²) in [6.45, 7) is 4.14. The molecule has 0 bridgehead atoms. The molecule has 1 aromatic carbocycles. The van der Waals surface area contributed by atoms with Gasteiger partial charge in [0, 0.05) is 19.3 Å². The second kappa shape index (κ2) is 5.80. The molecule has 1 aromatic rings. The van der Waals surface area contributed by atoms with Gasteiger partial charge in [-0.1, -0.05) is 19.1 Å². The van der Waals surface area contributed by atoms with Crippen LogP contribution < -0.4 is 5.73 Å². The van der Waals surface area contributed by atoms with Gasteiger partial charge in [0.15, 0.2) is 5.96 Å². The maximum atomic E-state index is 12.2. The number of benzene rings is 1. The second-order valence-electron chi connectivity index (χ2n) is 6.67. The van der Waals surface area contributed by atoms with Crippen LogP contribution in [0.15, 0.2) is 28.2 Å². The van der Waals surface area contributed by atoms with E-state index in [0.717, 1.165) is 30.4 Å². The van der Waals surface area contributed by atoms with Crippen molar-refractivity contribution < 1.29 is 4.79 Å². The molecule has 23 heavy (non-hydrogen) atoms.